The van der Waals surface area contributed by atoms with E-state index >= 15 is 0 Å². The van der Waals surface area contributed by atoms with Crippen LogP contribution in [0.2, 0.25) is 0 Å². The third-order valence-electron chi connectivity index (χ3n) is 2.68. The Morgan fingerprint density at radius 1 is 0.700 bits per heavy atom. The number of hydrogen-bond donors (Lipinski definition) is 0. The summed E-state index contributed by atoms with van der Waals surface area (Å²) in [5, 5.41) is 0. The molecule has 0 spiro atoms. The van der Waals surface area contributed by atoms with Gasteiger partial charge in [-0.05, 0) is 27.7 Å². The number of rotatable bonds is 4. The smallest absolute Gasteiger partial charge is 0.0757 e. The van der Waals surface area contributed by atoms with Gasteiger partial charge in [0.15, 0.2) is 0 Å². The van der Waals surface area contributed by atoms with E-state index in [1.165, 1.54) is 30.7 Å². The SMILES string of the molecule is CC[N+](CC)(CC)CC.[Co]. The molecule has 0 fully saturated rings. The molecular formula is C8H20CoN+. The number of quaternary nitrogens is 1. The van der Waals surface area contributed by atoms with Crippen molar-refractivity contribution in [3.05, 3.63) is 0 Å². The Labute approximate surface area is 75.6 Å². The molecular weight excluding hydrogens is 169 g/mol. The van der Waals surface area contributed by atoms with E-state index in [1.54, 1.807) is 0 Å². The monoisotopic (exact) mass is 189 g/mol. The largest absolute Gasteiger partial charge is 0.325 e. The van der Waals surface area contributed by atoms with Crippen molar-refractivity contribution in [2.24, 2.45) is 0 Å². The zero-order valence-electron chi connectivity index (χ0n) is 7.61. The van der Waals surface area contributed by atoms with Crippen LogP contribution in [0.4, 0.5) is 0 Å². The van der Waals surface area contributed by atoms with Crippen LogP contribution in [0.25, 0.3) is 0 Å². The molecule has 0 aliphatic rings. The third-order valence-corrected chi connectivity index (χ3v) is 2.68. The van der Waals surface area contributed by atoms with Crippen molar-refractivity contribution in [2.75, 3.05) is 26.2 Å². The molecule has 0 aliphatic heterocycles. The minimum absolute atomic E-state index is 0. The third kappa shape index (κ3) is 3.04. The summed E-state index contributed by atoms with van der Waals surface area (Å²) in [5.74, 6) is 0. The van der Waals surface area contributed by atoms with Crippen molar-refractivity contribution in [1.29, 1.82) is 0 Å². The Morgan fingerprint density at radius 2 is 0.900 bits per heavy atom. The molecule has 10 heavy (non-hydrogen) atoms. The van der Waals surface area contributed by atoms with Crippen LogP contribution in [0.5, 0.6) is 0 Å². The van der Waals surface area contributed by atoms with Gasteiger partial charge in [0, 0.05) is 16.8 Å². The van der Waals surface area contributed by atoms with E-state index in [9.17, 15) is 0 Å². The molecule has 0 atom stereocenters. The van der Waals surface area contributed by atoms with Crippen LogP contribution in [0, 0.1) is 0 Å². The molecule has 0 amide bonds. The molecule has 1 nitrogen and oxygen atoms in total. The molecule has 0 saturated heterocycles. The van der Waals surface area contributed by atoms with Crippen LogP contribution in [-0.2, 0) is 16.8 Å². The van der Waals surface area contributed by atoms with Gasteiger partial charge in [-0.15, -0.1) is 0 Å². The van der Waals surface area contributed by atoms with E-state index in [1.807, 2.05) is 0 Å². The van der Waals surface area contributed by atoms with Crippen LogP contribution in [0.15, 0.2) is 0 Å². The van der Waals surface area contributed by atoms with Gasteiger partial charge < -0.3 is 4.48 Å². The quantitative estimate of drug-likeness (QED) is 0.592. The molecule has 0 saturated carbocycles. The van der Waals surface area contributed by atoms with E-state index in [0.717, 1.165) is 0 Å². The molecule has 0 aromatic heterocycles. The van der Waals surface area contributed by atoms with Crippen LogP contribution in [-0.4, -0.2) is 30.7 Å². The summed E-state index contributed by atoms with van der Waals surface area (Å²) >= 11 is 0. The molecule has 1 radical (unpaired) electrons. The number of hydrogen-bond acceptors (Lipinski definition) is 0. The normalized spacial score (nSPS) is 10.8. The predicted molar refractivity (Wildman–Crippen MR) is 42.4 cm³/mol. The maximum atomic E-state index is 2.27. The fraction of sp³-hybridized carbons (Fsp3) is 1.00. The summed E-state index contributed by atoms with van der Waals surface area (Å²) in [4.78, 5) is 0. The Hall–Kier alpha value is 0.466. The minimum Gasteiger partial charge on any atom is -0.325 e. The van der Waals surface area contributed by atoms with Crippen molar-refractivity contribution in [3.63, 3.8) is 0 Å². The van der Waals surface area contributed by atoms with Gasteiger partial charge in [-0.25, -0.2) is 0 Å². The average molecular weight is 189 g/mol. The Balaban J connectivity index is 0. The molecule has 0 aliphatic carbocycles. The van der Waals surface area contributed by atoms with E-state index in [-0.39, 0.29) is 16.8 Å². The second-order valence-corrected chi connectivity index (χ2v) is 2.61. The molecule has 0 aromatic rings. The molecule has 65 valence electrons. The van der Waals surface area contributed by atoms with Crippen LogP contribution < -0.4 is 0 Å². The minimum atomic E-state index is 0. The van der Waals surface area contributed by atoms with Gasteiger partial charge in [-0.3, -0.25) is 0 Å². The van der Waals surface area contributed by atoms with Gasteiger partial charge in [-0.2, -0.15) is 0 Å². The Kier molecular flexibility index (Phi) is 8.11. The molecule has 0 rings (SSSR count). The summed E-state index contributed by atoms with van der Waals surface area (Å²) < 4.78 is 1.28. The first-order valence-electron chi connectivity index (χ1n) is 4.09. The molecule has 0 aromatic carbocycles. The summed E-state index contributed by atoms with van der Waals surface area (Å²) in [5.41, 5.74) is 0. The first-order valence-corrected chi connectivity index (χ1v) is 4.09. The van der Waals surface area contributed by atoms with Gasteiger partial charge in [0.25, 0.3) is 0 Å². The van der Waals surface area contributed by atoms with Gasteiger partial charge in [-0.1, -0.05) is 0 Å². The fourth-order valence-corrected chi connectivity index (χ4v) is 1.34. The second-order valence-electron chi connectivity index (χ2n) is 2.61. The van der Waals surface area contributed by atoms with E-state index in [2.05, 4.69) is 27.7 Å². The standard InChI is InChI=1S/C8H20N.Co/c1-5-9(6-2,7-3)8-4;/h5-8H2,1-4H3;/q+1;. The summed E-state index contributed by atoms with van der Waals surface area (Å²) in [6.45, 7) is 14.2. The molecule has 0 bridgehead atoms. The van der Waals surface area contributed by atoms with E-state index in [4.69, 9.17) is 0 Å². The summed E-state index contributed by atoms with van der Waals surface area (Å²) in [6, 6.07) is 0. The predicted octanol–water partition coefficient (Wildman–Crippen LogP) is 1.88. The van der Waals surface area contributed by atoms with Crippen molar-refractivity contribution < 1.29 is 21.3 Å². The van der Waals surface area contributed by atoms with Gasteiger partial charge in [0.2, 0.25) is 0 Å². The van der Waals surface area contributed by atoms with E-state index in [0.29, 0.717) is 0 Å². The second kappa shape index (κ2) is 6.19. The molecule has 2 heteroatoms. The van der Waals surface area contributed by atoms with Crippen molar-refractivity contribution >= 4 is 0 Å². The van der Waals surface area contributed by atoms with Crippen molar-refractivity contribution in [3.8, 4) is 0 Å². The first-order chi connectivity index (χ1) is 4.24. The van der Waals surface area contributed by atoms with E-state index < -0.39 is 0 Å². The average Bonchev–Trinajstić information content (AvgIpc) is 1.95. The maximum Gasteiger partial charge on any atom is 0.0757 e. The summed E-state index contributed by atoms with van der Waals surface area (Å²) in [6.07, 6.45) is 0. The molecule has 0 unspecified atom stereocenters. The fourth-order valence-electron chi connectivity index (χ4n) is 1.34. The Bertz CT molecular complexity index is 52.1. The van der Waals surface area contributed by atoms with Crippen LogP contribution >= 0.6 is 0 Å². The summed E-state index contributed by atoms with van der Waals surface area (Å²) in [7, 11) is 0. The maximum absolute atomic E-state index is 2.27. The van der Waals surface area contributed by atoms with Gasteiger partial charge in [0.05, 0.1) is 26.2 Å². The molecule has 0 N–H and O–H groups in total. The zero-order chi connectivity index (χ0) is 7.33. The zero-order valence-corrected chi connectivity index (χ0v) is 8.65. The topological polar surface area (TPSA) is 0 Å². The van der Waals surface area contributed by atoms with Crippen LogP contribution in [0.1, 0.15) is 27.7 Å². The van der Waals surface area contributed by atoms with Gasteiger partial charge in [0.1, 0.15) is 0 Å². The van der Waals surface area contributed by atoms with Gasteiger partial charge >= 0.3 is 0 Å². The molecule has 0 heterocycles. The number of nitrogens with zero attached hydrogens (tertiary/aromatic N) is 1. The van der Waals surface area contributed by atoms with Crippen molar-refractivity contribution in [2.45, 2.75) is 27.7 Å². The van der Waals surface area contributed by atoms with Crippen molar-refractivity contribution in [1.82, 2.24) is 0 Å². The first kappa shape index (κ1) is 13.1. The van der Waals surface area contributed by atoms with Crippen LogP contribution in [0.3, 0.4) is 0 Å². The Morgan fingerprint density at radius 3 is 0.900 bits per heavy atom.